The Hall–Kier alpha value is -1.35. The Morgan fingerprint density at radius 2 is 1.71 bits per heavy atom. The van der Waals surface area contributed by atoms with Crippen molar-refractivity contribution in [1.82, 2.24) is 0 Å². The second-order valence-corrected chi connectivity index (χ2v) is 7.00. The van der Waals surface area contributed by atoms with E-state index in [1.54, 1.807) is 13.2 Å². The summed E-state index contributed by atoms with van der Waals surface area (Å²) in [6.07, 6.45) is 0. The van der Waals surface area contributed by atoms with Crippen LogP contribution in [0.15, 0.2) is 42.5 Å². The van der Waals surface area contributed by atoms with Crippen molar-refractivity contribution in [2.75, 3.05) is 7.11 Å². The van der Waals surface area contributed by atoms with Crippen molar-refractivity contribution >= 4 is 15.9 Å². The lowest BCUT2D eigenvalue weighted by Crippen LogP contribution is -2.15. The van der Waals surface area contributed by atoms with Gasteiger partial charge in [-0.05, 0) is 34.7 Å². The minimum Gasteiger partial charge on any atom is -0.496 e. The fourth-order valence-electron chi connectivity index (χ4n) is 2.47. The first-order valence-corrected chi connectivity index (χ1v) is 7.83. The van der Waals surface area contributed by atoms with Crippen LogP contribution in [0.5, 0.6) is 5.75 Å². The van der Waals surface area contributed by atoms with Gasteiger partial charge in [-0.1, -0.05) is 61.0 Å². The summed E-state index contributed by atoms with van der Waals surface area (Å²) in [5, 5.41) is 0. The van der Waals surface area contributed by atoms with Crippen LogP contribution in [0, 0.1) is 5.82 Å². The molecule has 0 amide bonds. The zero-order valence-corrected chi connectivity index (χ0v) is 14.4. The van der Waals surface area contributed by atoms with Gasteiger partial charge in [0.2, 0.25) is 0 Å². The first kappa shape index (κ1) is 16.0. The Morgan fingerprint density at radius 3 is 2.33 bits per heavy atom. The summed E-state index contributed by atoms with van der Waals surface area (Å²) in [6, 6.07) is 12.8. The van der Waals surface area contributed by atoms with Crippen LogP contribution in [0.3, 0.4) is 0 Å². The molecule has 112 valence electrons. The maximum Gasteiger partial charge on any atom is 0.123 e. The monoisotopic (exact) mass is 350 g/mol. The van der Waals surface area contributed by atoms with Crippen LogP contribution in [0.25, 0.3) is 0 Å². The molecule has 2 rings (SSSR count). The lowest BCUT2D eigenvalue weighted by Gasteiger charge is -2.26. The second kappa shape index (κ2) is 6.18. The SMILES string of the molecule is COc1ccc(F)cc1C(Br)c1ccccc1C(C)(C)C. The largest absolute Gasteiger partial charge is 0.496 e. The molecule has 0 aromatic heterocycles. The van der Waals surface area contributed by atoms with Gasteiger partial charge in [0.25, 0.3) is 0 Å². The van der Waals surface area contributed by atoms with Gasteiger partial charge in [0.1, 0.15) is 11.6 Å². The summed E-state index contributed by atoms with van der Waals surface area (Å²) in [6.45, 7) is 6.52. The Morgan fingerprint density at radius 1 is 1.05 bits per heavy atom. The van der Waals surface area contributed by atoms with Gasteiger partial charge in [0, 0.05) is 5.56 Å². The van der Waals surface area contributed by atoms with Crippen molar-refractivity contribution in [3.8, 4) is 5.75 Å². The average Bonchev–Trinajstić information content (AvgIpc) is 2.45. The lowest BCUT2D eigenvalue weighted by atomic mass is 9.82. The van der Waals surface area contributed by atoms with E-state index in [0.717, 1.165) is 11.1 Å². The van der Waals surface area contributed by atoms with Crippen molar-refractivity contribution in [3.63, 3.8) is 0 Å². The number of ether oxygens (including phenoxy) is 1. The number of alkyl halides is 1. The van der Waals surface area contributed by atoms with E-state index in [9.17, 15) is 4.39 Å². The molecule has 3 heteroatoms. The molecular formula is C18H20BrFO. The summed E-state index contributed by atoms with van der Waals surface area (Å²) >= 11 is 3.72. The zero-order valence-electron chi connectivity index (χ0n) is 12.8. The van der Waals surface area contributed by atoms with E-state index >= 15 is 0 Å². The summed E-state index contributed by atoms with van der Waals surface area (Å²) in [5.74, 6) is 0.422. The van der Waals surface area contributed by atoms with E-state index in [-0.39, 0.29) is 16.1 Å². The molecule has 1 nitrogen and oxygen atoms in total. The number of hydrogen-bond acceptors (Lipinski definition) is 1. The standard InChI is InChI=1S/C18H20BrFO/c1-18(2,3)15-8-6-5-7-13(15)17(19)14-11-12(20)9-10-16(14)21-4/h5-11,17H,1-4H3. The third-order valence-corrected chi connectivity index (χ3v) is 4.49. The van der Waals surface area contributed by atoms with Crippen LogP contribution >= 0.6 is 15.9 Å². The molecule has 0 radical (unpaired) electrons. The molecule has 2 aromatic carbocycles. The van der Waals surface area contributed by atoms with Crippen molar-refractivity contribution in [2.45, 2.75) is 31.0 Å². The molecule has 0 bridgehead atoms. The third kappa shape index (κ3) is 3.46. The molecule has 1 atom stereocenters. The Balaban J connectivity index is 2.56. The second-order valence-electron chi connectivity index (χ2n) is 6.09. The molecule has 0 heterocycles. The minimum absolute atomic E-state index is 0.0170. The quantitative estimate of drug-likeness (QED) is 0.653. The highest BCUT2D eigenvalue weighted by Gasteiger charge is 2.24. The molecule has 1 unspecified atom stereocenters. The molecule has 0 spiro atoms. The highest BCUT2D eigenvalue weighted by Crippen LogP contribution is 2.41. The van der Waals surface area contributed by atoms with Crippen LogP contribution in [0.2, 0.25) is 0 Å². The van der Waals surface area contributed by atoms with Crippen LogP contribution in [-0.2, 0) is 5.41 Å². The molecule has 0 saturated carbocycles. The molecule has 0 aliphatic heterocycles. The van der Waals surface area contributed by atoms with E-state index in [1.165, 1.54) is 17.7 Å². The van der Waals surface area contributed by atoms with Gasteiger partial charge in [-0.3, -0.25) is 0 Å². The van der Waals surface area contributed by atoms with E-state index in [4.69, 9.17) is 4.74 Å². The predicted octanol–water partition coefficient (Wildman–Crippen LogP) is 5.62. The van der Waals surface area contributed by atoms with Crippen LogP contribution in [0.4, 0.5) is 4.39 Å². The molecule has 2 aromatic rings. The Labute approximate surface area is 134 Å². The molecular weight excluding hydrogens is 331 g/mol. The average molecular weight is 351 g/mol. The summed E-state index contributed by atoms with van der Waals surface area (Å²) in [5.41, 5.74) is 3.18. The third-order valence-electron chi connectivity index (χ3n) is 3.51. The maximum absolute atomic E-state index is 13.6. The van der Waals surface area contributed by atoms with E-state index in [1.807, 2.05) is 12.1 Å². The van der Waals surface area contributed by atoms with E-state index in [2.05, 4.69) is 48.8 Å². The Kier molecular flexibility index (Phi) is 4.72. The van der Waals surface area contributed by atoms with Crippen LogP contribution in [-0.4, -0.2) is 7.11 Å². The van der Waals surface area contributed by atoms with Crippen molar-refractivity contribution in [2.24, 2.45) is 0 Å². The van der Waals surface area contributed by atoms with Gasteiger partial charge in [0.05, 0.1) is 11.9 Å². The molecule has 21 heavy (non-hydrogen) atoms. The number of benzene rings is 2. The lowest BCUT2D eigenvalue weighted by molar-refractivity contribution is 0.409. The van der Waals surface area contributed by atoms with E-state index in [0.29, 0.717) is 5.75 Å². The van der Waals surface area contributed by atoms with Gasteiger partial charge in [-0.25, -0.2) is 4.39 Å². The summed E-state index contributed by atoms with van der Waals surface area (Å²) < 4.78 is 19.0. The normalized spacial score (nSPS) is 13.0. The van der Waals surface area contributed by atoms with E-state index < -0.39 is 0 Å². The van der Waals surface area contributed by atoms with Gasteiger partial charge in [-0.2, -0.15) is 0 Å². The summed E-state index contributed by atoms with van der Waals surface area (Å²) in [7, 11) is 1.60. The maximum atomic E-state index is 13.6. The highest BCUT2D eigenvalue weighted by molar-refractivity contribution is 9.09. The topological polar surface area (TPSA) is 9.23 Å². The zero-order chi connectivity index (χ0) is 15.6. The fraction of sp³-hybridized carbons (Fsp3) is 0.333. The molecule has 0 fully saturated rings. The summed E-state index contributed by atoms with van der Waals surface area (Å²) in [4.78, 5) is -0.112. The number of rotatable bonds is 3. The van der Waals surface area contributed by atoms with Crippen molar-refractivity contribution < 1.29 is 9.13 Å². The molecule has 0 aliphatic rings. The Bertz CT molecular complexity index is 631. The first-order chi connectivity index (χ1) is 9.84. The molecule has 0 N–H and O–H groups in total. The predicted molar refractivity (Wildman–Crippen MR) is 88.9 cm³/mol. The smallest absolute Gasteiger partial charge is 0.123 e. The number of methoxy groups -OCH3 is 1. The van der Waals surface area contributed by atoms with Crippen LogP contribution < -0.4 is 4.74 Å². The molecule has 0 saturated heterocycles. The van der Waals surface area contributed by atoms with Crippen molar-refractivity contribution in [3.05, 3.63) is 65.0 Å². The van der Waals surface area contributed by atoms with Gasteiger partial charge in [0.15, 0.2) is 0 Å². The van der Waals surface area contributed by atoms with Gasteiger partial charge >= 0.3 is 0 Å². The van der Waals surface area contributed by atoms with Crippen molar-refractivity contribution in [1.29, 1.82) is 0 Å². The van der Waals surface area contributed by atoms with Crippen LogP contribution in [0.1, 0.15) is 42.3 Å². The fourth-order valence-corrected chi connectivity index (χ4v) is 3.23. The van der Waals surface area contributed by atoms with Gasteiger partial charge < -0.3 is 4.74 Å². The minimum atomic E-state index is -0.261. The number of hydrogen-bond donors (Lipinski definition) is 0. The number of halogens is 2. The highest BCUT2D eigenvalue weighted by atomic mass is 79.9. The van der Waals surface area contributed by atoms with Gasteiger partial charge in [-0.15, -0.1) is 0 Å². The molecule has 0 aliphatic carbocycles. The first-order valence-electron chi connectivity index (χ1n) is 6.91.